The van der Waals surface area contributed by atoms with Crippen molar-refractivity contribution >= 4 is 5.97 Å². The highest BCUT2D eigenvalue weighted by Gasteiger charge is 2.72. The Kier molecular flexibility index (Phi) is 9.54. The molecule has 54 heavy (non-hydrogen) atoms. The molecule has 2 saturated heterocycles. The molecule has 10 nitrogen and oxygen atoms in total. The Balaban J connectivity index is 1.23. The van der Waals surface area contributed by atoms with E-state index < -0.39 is 11.9 Å². The molecule has 4 heterocycles. The number of carboxylic acid groups (broad SMARTS) is 1. The molecule has 2 bridgehead atoms. The first-order chi connectivity index (χ1) is 25.7. The number of carbonyl (C=O) groups is 1. The van der Waals surface area contributed by atoms with Gasteiger partial charge in [0.05, 0.1) is 37.9 Å². The summed E-state index contributed by atoms with van der Waals surface area (Å²) in [5.41, 5.74) is 1.03. The van der Waals surface area contributed by atoms with Crippen LogP contribution in [0.1, 0.15) is 106 Å². The lowest BCUT2D eigenvalue weighted by molar-refractivity contribution is -0.253. The molecule has 0 spiro atoms. The van der Waals surface area contributed by atoms with Crippen LogP contribution in [0.4, 0.5) is 0 Å². The summed E-state index contributed by atoms with van der Waals surface area (Å²) in [6, 6.07) is 3.94. The molecule has 5 fully saturated rings. The number of nitrogens with one attached hydrogen (secondary N) is 1. The number of hydrogen-bond donors (Lipinski definition) is 2. The first-order valence-electron chi connectivity index (χ1n) is 20.9. The Morgan fingerprint density at radius 2 is 1.83 bits per heavy atom. The fourth-order valence-electron chi connectivity index (χ4n) is 13.8. The largest absolute Gasteiger partial charge is 0.481 e. The molecule has 0 radical (unpaired) electrons. The number of ether oxygens (including phenoxy) is 3. The molecular formula is C44H65N5O5. The monoisotopic (exact) mass is 743 g/mol. The van der Waals surface area contributed by atoms with Crippen LogP contribution in [0.3, 0.4) is 0 Å². The summed E-state index contributed by atoms with van der Waals surface area (Å²) in [6.45, 7) is 19.7. The van der Waals surface area contributed by atoms with Crippen molar-refractivity contribution in [2.45, 2.75) is 118 Å². The SMILES string of the molecule is CNC1(CO[C@H]2[C@H](n3ncnc3-c3cccnc3)CC34COC[C@@]2(C)[C@@H]3CC[C@H]2C4=CC[C@@]3(C)[C@H](C(=O)O)[C@@](C)([C@H](C)C(C)C)CC[C@]23C)CCOCC1. The first-order valence-corrected chi connectivity index (χ1v) is 20.9. The maximum atomic E-state index is 13.6. The Hall–Kier alpha value is -2.66. The van der Waals surface area contributed by atoms with Gasteiger partial charge in [-0.05, 0) is 110 Å². The number of likely N-dealkylation sites (N-methyl/N-ethyl adjacent to an activating group) is 1. The van der Waals surface area contributed by atoms with Crippen LogP contribution in [0.25, 0.3) is 11.4 Å². The molecule has 2 N–H and O–H groups in total. The average Bonchev–Trinajstić information content (AvgIpc) is 3.65. The number of nitrogens with zero attached hydrogens (tertiary/aromatic N) is 4. The number of carboxylic acids is 1. The second-order valence-electron chi connectivity index (χ2n) is 19.8. The number of aromatic nitrogens is 4. The molecule has 2 aromatic rings. The molecule has 296 valence electrons. The third-order valence-corrected chi connectivity index (χ3v) is 17.4. The summed E-state index contributed by atoms with van der Waals surface area (Å²) in [7, 11) is 2.05. The number of aliphatic carboxylic acids is 1. The zero-order valence-corrected chi connectivity index (χ0v) is 34.1. The van der Waals surface area contributed by atoms with E-state index in [0.29, 0.717) is 43.5 Å². The van der Waals surface area contributed by atoms with E-state index in [-0.39, 0.29) is 44.8 Å². The molecule has 0 amide bonds. The van der Waals surface area contributed by atoms with Gasteiger partial charge in [-0.2, -0.15) is 5.10 Å². The van der Waals surface area contributed by atoms with E-state index in [9.17, 15) is 9.90 Å². The Morgan fingerprint density at radius 1 is 1.06 bits per heavy atom. The maximum Gasteiger partial charge on any atom is 0.307 e. The predicted molar refractivity (Wildman–Crippen MR) is 207 cm³/mol. The van der Waals surface area contributed by atoms with Gasteiger partial charge in [-0.1, -0.05) is 60.1 Å². The number of allylic oxidation sites excluding steroid dienone is 1. The van der Waals surface area contributed by atoms with Gasteiger partial charge in [0.1, 0.15) is 6.33 Å². The standard InChI is InChI=1S/C44H65N5O5/c1-28(2)29(3)39(4)15-16-41(6)31-11-12-34-40(5)24-53-26-44(34,32(31)13-14-42(41,7)35(39)38(50)51)22-33(36(40)54-25-43(45-8)17-20-52-21-18-43)49-37(47-27-48-49)30-10-9-19-46-23-30/h9-10,13,19,23,27-29,31,33-36,45H,11-12,14-18,20-22,24-26H2,1-8H3,(H,50,51)/t29-,31+,33-,34+,35-,36+,39-,40+,41-,42+,44?/m1/s1. The van der Waals surface area contributed by atoms with Crippen molar-refractivity contribution in [2.24, 2.45) is 56.7 Å². The third-order valence-electron chi connectivity index (χ3n) is 17.4. The lowest BCUT2D eigenvalue weighted by Gasteiger charge is -2.71. The minimum absolute atomic E-state index is 0.0873. The van der Waals surface area contributed by atoms with Gasteiger partial charge in [0.25, 0.3) is 0 Å². The van der Waals surface area contributed by atoms with Crippen molar-refractivity contribution in [3.05, 3.63) is 42.5 Å². The van der Waals surface area contributed by atoms with Crippen molar-refractivity contribution in [1.29, 1.82) is 0 Å². The van der Waals surface area contributed by atoms with Gasteiger partial charge in [-0.15, -0.1) is 0 Å². The van der Waals surface area contributed by atoms with Crippen molar-refractivity contribution in [3.8, 4) is 11.4 Å². The van der Waals surface area contributed by atoms with Crippen LogP contribution in [-0.4, -0.2) is 82.5 Å². The zero-order chi connectivity index (χ0) is 38.3. The van der Waals surface area contributed by atoms with E-state index in [1.54, 1.807) is 12.5 Å². The fourth-order valence-corrected chi connectivity index (χ4v) is 13.8. The van der Waals surface area contributed by atoms with Crippen LogP contribution in [0, 0.1) is 56.7 Å². The second-order valence-corrected chi connectivity index (χ2v) is 19.8. The summed E-state index contributed by atoms with van der Waals surface area (Å²) in [6.07, 6.45) is 15.3. The van der Waals surface area contributed by atoms with E-state index in [1.165, 1.54) is 5.57 Å². The molecule has 4 aliphatic carbocycles. The highest BCUT2D eigenvalue weighted by Crippen LogP contribution is 2.75. The van der Waals surface area contributed by atoms with Gasteiger partial charge >= 0.3 is 5.97 Å². The Morgan fingerprint density at radius 3 is 2.52 bits per heavy atom. The van der Waals surface area contributed by atoms with E-state index in [2.05, 4.69) is 82.6 Å². The van der Waals surface area contributed by atoms with Crippen LogP contribution < -0.4 is 5.32 Å². The number of pyridine rings is 1. The molecule has 0 aromatic carbocycles. The number of hydrogen-bond acceptors (Lipinski definition) is 8. The summed E-state index contributed by atoms with van der Waals surface area (Å²) < 4.78 is 22.1. The molecule has 2 aliphatic heterocycles. The Labute approximate surface area is 322 Å². The zero-order valence-electron chi connectivity index (χ0n) is 34.1. The van der Waals surface area contributed by atoms with Crippen LogP contribution in [0.15, 0.2) is 42.5 Å². The van der Waals surface area contributed by atoms with Crippen LogP contribution >= 0.6 is 0 Å². The van der Waals surface area contributed by atoms with Crippen LogP contribution in [-0.2, 0) is 19.0 Å². The molecule has 8 rings (SSSR count). The molecule has 2 aromatic heterocycles. The minimum atomic E-state index is -0.619. The predicted octanol–water partition coefficient (Wildman–Crippen LogP) is 7.62. The fraction of sp³-hybridized carbons (Fsp3) is 0.773. The third kappa shape index (κ3) is 5.38. The summed E-state index contributed by atoms with van der Waals surface area (Å²) in [4.78, 5) is 22.9. The molecule has 3 saturated carbocycles. The molecular weight excluding hydrogens is 679 g/mol. The van der Waals surface area contributed by atoms with Gasteiger partial charge in [0, 0.05) is 47.5 Å². The molecule has 10 heteroatoms. The second kappa shape index (κ2) is 13.5. The molecule has 6 aliphatic rings. The van der Waals surface area contributed by atoms with Crippen molar-refractivity contribution < 1.29 is 24.1 Å². The van der Waals surface area contributed by atoms with Crippen molar-refractivity contribution in [3.63, 3.8) is 0 Å². The van der Waals surface area contributed by atoms with E-state index >= 15 is 0 Å². The van der Waals surface area contributed by atoms with Gasteiger partial charge in [0.2, 0.25) is 0 Å². The summed E-state index contributed by atoms with van der Waals surface area (Å²) in [5, 5.41) is 19.8. The quantitative estimate of drug-likeness (QED) is 0.250. The first kappa shape index (κ1) is 38.2. The lowest BCUT2D eigenvalue weighted by atomic mass is 9.34. The highest BCUT2D eigenvalue weighted by atomic mass is 16.5. The van der Waals surface area contributed by atoms with Gasteiger partial charge < -0.3 is 24.6 Å². The summed E-state index contributed by atoms with van der Waals surface area (Å²) >= 11 is 0. The van der Waals surface area contributed by atoms with E-state index in [4.69, 9.17) is 24.3 Å². The highest BCUT2D eigenvalue weighted by molar-refractivity contribution is 5.73. The van der Waals surface area contributed by atoms with Gasteiger partial charge in [-0.3, -0.25) is 9.78 Å². The van der Waals surface area contributed by atoms with Gasteiger partial charge in [-0.25, -0.2) is 9.67 Å². The number of rotatable bonds is 9. The topological polar surface area (TPSA) is 121 Å². The average molecular weight is 744 g/mol. The van der Waals surface area contributed by atoms with Crippen molar-refractivity contribution in [1.82, 2.24) is 25.1 Å². The smallest absolute Gasteiger partial charge is 0.307 e. The van der Waals surface area contributed by atoms with E-state index in [1.807, 2.05) is 12.3 Å². The van der Waals surface area contributed by atoms with Crippen molar-refractivity contribution in [2.75, 3.05) is 40.1 Å². The molecule has 11 atom stereocenters. The lowest BCUT2D eigenvalue weighted by Crippen LogP contribution is -2.69. The normalized spacial score (nSPS) is 41.9. The van der Waals surface area contributed by atoms with Crippen LogP contribution in [0.2, 0.25) is 0 Å². The van der Waals surface area contributed by atoms with Gasteiger partial charge in [0.15, 0.2) is 5.82 Å². The number of fused-ring (bicyclic) bond motifs is 3. The minimum Gasteiger partial charge on any atom is -0.481 e. The van der Waals surface area contributed by atoms with E-state index in [0.717, 1.165) is 76.0 Å². The van der Waals surface area contributed by atoms with Crippen LogP contribution in [0.5, 0.6) is 0 Å². The Bertz CT molecular complexity index is 1740. The summed E-state index contributed by atoms with van der Waals surface area (Å²) in [5.74, 6) is 1.17. The molecule has 1 unspecified atom stereocenters. The maximum absolute atomic E-state index is 13.6.